The van der Waals surface area contributed by atoms with Crippen molar-refractivity contribution in [1.29, 1.82) is 0 Å². The molecule has 2 heterocycles. The molecule has 1 aliphatic heterocycles. The van der Waals surface area contributed by atoms with Gasteiger partial charge in [0.25, 0.3) is 5.91 Å². The summed E-state index contributed by atoms with van der Waals surface area (Å²) in [5, 5.41) is 2.65. The van der Waals surface area contributed by atoms with Crippen LogP contribution in [0, 0.1) is 6.92 Å². The SMILES string of the molecule is Cc1ccc(C(=O)OCC(=O)Nc2cc(S(=O)(=O)N3CCOCC3)ccc2Cl)s1. The summed E-state index contributed by atoms with van der Waals surface area (Å²) in [7, 11) is -3.74. The van der Waals surface area contributed by atoms with Crippen molar-refractivity contribution in [2.45, 2.75) is 11.8 Å². The van der Waals surface area contributed by atoms with Crippen LogP contribution in [-0.4, -0.2) is 57.5 Å². The normalized spacial score (nSPS) is 15.1. The molecule has 0 spiro atoms. The number of thiophene rings is 1. The van der Waals surface area contributed by atoms with Gasteiger partial charge in [-0.15, -0.1) is 11.3 Å². The number of nitrogens with one attached hydrogen (secondary N) is 1. The van der Waals surface area contributed by atoms with Gasteiger partial charge in [-0.05, 0) is 37.3 Å². The number of anilines is 1. The predicted octanol–water partition coefficient (Wildman–Crippen LogP) is 2.53. The van der Waals surface area contributed by atoms with E-state index in [4.69, 9.17) is 21.1 Å². The fourth-order valence-corrected chi connectivity index (χ4v) is 4.99. The van der Waals surface area contributed by atoms with Crippen molar-refractivity contribution in [3.8, 4) is 0 Å². The second-order valence-corrected chi connectivity index (χ2v) is 9.83. The lowest BCUT2D eigenvalue weighted by molar-refractivity contribution is -0.119. The zero-order valence-electron chi connectivity index (χ0n) is 15.5. The lowest BCUT2D eigenvalue weighted by atomic mass is 10.3. The van der Waals surface area contributed by atoms with E-state index in [9.17, 15) is 18.0 Å². The Bertz CT molecular complexity index is 1020. The van der Waals surface area contributed by atoms with Gasteiger partial charge in [0.1, 0.15) is 4.88 Å². The second kappa shape index (κ2) is 9.23. The van der Waals surface area contributed by atoms with E-state index in [-0.39, 0.29) is 28.7 Å². The minimum absolute atomic E-state index is 0.00477. The maximum absolute atomic E-state index is 12.8. The van der Waals surface area contributed by atoms with Crippen molar-refractivity contribution in [2.24, 2.45) is 0 Å². The standard InChI is InChI=1S/C18H19ClN2O6S2/c1-12-2-5-16(28-12)18(23)27-11-17(22)20-15-10-13(3-4-14(15)19)29(24,25)21-6-8-26-9-7-21/h2-5,10H,6-9,11H2,1H3,(H,20,22). The lowest BCUT2D eigenvalue weighted by Gasteiger charge is -2.26. The summed E-state index contributed by atoms with van der Waals surface area (Å²) in [5.74, 6) is -1.23. The van der Waals surface area contributed by atoms with E-state index >= 15 is 0 Å². The van der Waals surface area contributed by atoms with Crippen LogP contribution in [-0.2, 0) is 24.3 Å². The number of carbonyl (C=O) groups is 2. The number of esters is 1. The highest BCUT2D eigenvalue weighted by molar-refractivity contribution is 7.89. The predicted molar refractivity (Wildman–Crippen MR) is 109 cm³/mol. The van der Waals surface area contributed by atoms with Crippen LogP contribution in [0.25, 0.3) is 0 Å². The van der Waals surface area contributed by atoms with Crippen LogP contribution in [0.15, 0.2) is 35.2 Å². The molecule has 2 aromatic rings. The monoisotopic (exact) mass is 458 g/mol. The number of rotatable bonds is 6. The number of hydrogen-bond acceptors (Lipinski definition) is 7. The highest BCUT2D eigenvalue weighted by Gasteiger charge is 2.27. The summed E-state index contributed by atoms with van der Waals surface area (Å²) in [6.45, 7) is 2.49. The van der Waals surface area contributed by atoms with E-state index < -0.39 is 28.5 Å². The van der Waals surface area contributed by atoms with Gasteiger partial charge < -0.3 is 14.8 Å². The number of carbonyl (C=O) groups excluding carboxylic acids is 2. The van der Waals surface area contributed by atoms with Crippen LogP contribution >= 0.6 is 22.9 Å². The number of benzene rings is 1. The number of halogens is 1. The molecule has 1 N–H and O–H groups in total. The highest BCUT2D eigenvalue weighted by atomic mass is 35.5. The Morgan fingerprint density at radius 3 is 2.62 bits per heavy atom. The van der Waals surface area contributed by atoms with Gasteiger partial charge in [-0.1, -0.05) is 11.6 Å². The first kappa shape index (κ1) is 21.7. The molecule has 8 nitrogen and oxygen atoms in total. The van der Waals surface area contributed by atoms with Gasteiger partial charge in [0.15, 0.2) is 6.61 Å². The molecular weight excluding hydrogens is 440 g/mol. The molecule has 1 aromatic carbocycles. The Morgan fingerprint density at radius 1 is 1.24 bits per heavy atom. The molecule has 29 heavy (non-hydrogen) atoms. The van der Waals surface area contributed by atoms with Gasteiger partial charge >= 0.3 is 5.97 Å². The molecule has 1 aromatic heterocycles. The molecule has 0 bridgehead atoms. The number of nitrogens with zero attached hydrogens (tertiary/aromatic N) is 1. The smallest absolute Gasteiger partial charge is 0.348 e. The Kier molecular flexibility index (Phi) is 6.91. The number of amides is 1. The van der Waals surface area contributed by atoms with E-state index in [1.54, 1.807) is 12.1 Å². The molecule has 1 saturated heterocycles. The third-order valence-corrected chi connectivity index (χ3v) is 7.30. The van der Waals surface area contributed by atoms with Crippen LogP contribution in [0.3, 0.4) is 0 Å². The van der Waals surface area contributed by atoms with Gasteiger partial charge in [-0.3, -0.25) is 4.79 Å². The van der Waals surface area contributed by atoms with Crippen molar-refractivity contribution < 1.29 is 27.5 Å². The largest absolute Gasteiger partial charge is 0.451 e. The molecule has 0 atom stereocenters. The summed E-state index contributed by atoms with van der Waals surface area (Å²) in [4.78, 5) is 25.4. The first-order valence-corrected chi connectivity index (χ1v) is 11.3. The average Bonchev–Trinajstić information content (AvgIpc) is 3.15. The first-order chi connectivity index (χ1) is 13.8. The van der Waals surface area contributed by atoms with Gasteiger partial charge in [-0.25, -0.2) is 13.2 Å². The van der Waals surface area contributed by atoms with E-state index in [1.165, 1.54) is 33.8 Å². The Morgan fingerprint density at radius 2 is 1.97 bits per heavy atom. The molecule has 1 fully saturated rings. The fraction of sp³-hybridized carbons (Fsp3) is 0.333. The quantitative estimate of drug-likeness (QED) is 0.667. The summed E-state index contributed by atoms with van der Waals surface area (Å²) in [6, 6.07) is 7.46. The molecule has 0 aliphatic carbocycles. The van der Waals surface area contributed by atoms with Gasteiger partial charge in [0.05, 0.1) is 28.8 Å². The third-order valence-electron chi connectivity index (χ3n) is 4.10. The van der Waals surface area contributed by atoms with Crippen molar-refractivity contribution in [3.05, 3.63) is 45.1 Å². The van der Waals surface area contributed by atoms with Crippen LogP contribution in [0.2, 0.25) is 5.02 Å². The molecule has 0 saturated carbocycles. The molecule has 0 unspecified atom stereocenters. The minimum atomic E-state index is -3.74. The molecule has 156 valence electrons. The molecule has 11 heteroatoms. The Labute approximate surface area is 177 Å². The van der Waals surface area contributed by atoms with Crippen LogP contribution < -0.4 is 5.32 Å². The minimum Gasteiger partial charge on any atom is -0.451 e. The summed E-state index contributed by atoms with van der Waals surface area (Å²) < 4.78 is 37.0. The first-order valence-electron chi connectivity index (χ1n) is 8.68. The molecule has 0 radical (unpaired) electrons. The Hall–Kier alpha value is -1.98. The maximum atomic E-state index is 12.8. The van der Waals surface area contributed by atoms with E-state index in [0.29, 0.717) is 18.1 Å². The van der Waals surface area contributed by atoms with E-state index in [2.05, 4.69) is 5.32 Å². The molecule has 1 amide bonds. The van der Waals surface area contributed by atoms with Crippen LogP contribution in [0.1, 0.15) is 14.5 Å². The molecule has 3 rings (SSSR count). The van der Waals surface area contributed by atoms with Crippen molar-refractivity contribution in [2.75, 3.05) is 38.2 Å². The third kappa shape index (κ3) is 5.34. The van der Waals surface area contributed by atoms with Crippen LogP contribution in [0.4, 0.5) is 5.69 Å². The zero-order valence-corrected chi connectivity index (χ0v) is 17.9. The van der Waals surface area contributed by atoms with Gasteiger partial charge in [-0.2, -0.15) is 4.31 Å². The number of hydrogen-bond donors (Lipinski definition) is 1. The number of ether oxygens (including phenoxy) is 2. The summed E-state index contributed by atoms with van der Waals surface area (Å²) in [6.07, 6.45) is 0. The summed E-state index contributed by atoms with van der Waals surface area (Å²) in [5.41, 5.74) is 0.119. The topological polar surface area (TPSA) is 102 Å². The lowest BCUT2D eigenvalue weighted by Crippen LogP contribution is -2.40. The van der Waals surface area contributed by atoms with Crippen molar-refractivity contribution in [1.82, 2.24) is 4.31 Å². The number of aryl methyl sites for hydroxylation is 1. The number of morpholine rings is 1. The Balaban J connectivity index is 1.66. The maximum Gasteiger partial charge on any atom is 0.348 e. The average molecular weight is 459 g/mol. The summed E-state index contributed by atoms with van der Waals surface area (Å²) >= 11 is 7.35. The van der Waals surface area contributed by atoms with Gasteiger partial charge in [0, 0.05) is 18.0 Å². The van der Waals surface area contributed by atoms with Crippen molar-refractivity contribution in [3.63, 3.8) is 0 Å². The molecule has 1 aliphatic rings. The zero-order chi connectivity index (χ0) is 21.0. The fourth-order valence-electron chi connectivity index (χ4n) is 2.63. The molecular formula is C18H19ClN2O6S2. The second-order valence-electron chi connectivity index (χ2n) is 6.19. The highest BCUT2D eigenvalue weighted by Crippen LogP contribution is 2.27. The van der Waals surface area contributed by atoms with Crippen LogP contribution in [0.5, 0.6) is 0 Å². The number of sulfonamides is 1. The van der Waals surface area contributed by atoms with Crippen molar-refractivity contribution >= 4 is 50.5 Å². The van der Waals surface area contributed by atoms with Gasteiger partial charge in [0.2, 0.25) is 10.0 Å². The van der Waals surface area contributed by atoms with E-state index in [1.807, 2.05) is 6.92 Å². The van der Waals surface area contributed by atoms with E-state index in [0.717, 1.165) is 4.88 Å².